The molecule has 0 fully saturated rings. The molecule has 3 rings (SSSR count). The highest BCUT2D eigenvalue weighted by Crippen LogP contribution is 2.10. The second kappa shape index (κ2) is 13.5. The first kappa shape index (κ1) is 22.3. The van der Waals surface area contributed by atoms with Gasteiger partial charge in [0.1, 0.15) is 6.29 Å². The number of rotatable bonds is 5. The van der Waals surface area contributed by atoms with Gasteiger partial charge in [0.05, 0.1) is 0 Å². The van der Waals surface area contributed by atoms with Crippen LogP contribution in [-0.4, -0.2) is 6.29 Å². The van der Waals surface area contributed by atoms with Crippen molar-refractivity contribution in [2.24, 2.45) is 0 Å². The van der Waals surface area contributed by atoms with Gasteiger partial charge in [-0.2, -0.15) is 0 Å². The van der Waals surface area contributed by atoms with E-state index in [1.165, 1.54) is 5.56 Å². The summed E-state index contributed by atoms with van der Waals surface area (Å²) < 4.78 is 0. The summed E-state index contributed by atoms with van der Waals surface area (Å²) in [5.74, 6) is 0. The Kier molecular flexibility index (Phi) is 10.8. The van der Waals surface area contributed by atoms with Crippen molar-refractivity contribution in [3.63, 3.8) is 0 Å². The molecule has 0 saturated heterocycles. The first-order chi connectivity index (χ1) is 13.7. The summed E-state index contributed by atoms with van der Waals surface area (Å²) in [6.07, 6.45) is 8.06. The smallest absolute Gasteiger partial charge is 0.150 e. The highest BCUT2D eigenvalue weighted by atomic mass is 16.1. The average Bonchev–Trinajstić information content (AvgIpc) is 2.80. The third-order valence-electron chi connectivity index (χ3n) is 3.78. The molecule has 0 aliphatic carbocycles. The van der Waals surface area contributed by atoms with E-state index in [1.807, 2.05) is 85.0 Å². The first-order valence-corrected chi connectivity index (χ1v) is 8.87. The number of carbonyl (C=O) groups is 1. The van der Waals surface area contributed by atoms with Gasteiger partial charge in [-0.3, -0.25) is 4.79 Å². The van der Waals surface area contributed by atoms with Crippen molar-refractivity contribution in [3.8, 4) is 0 Å². The summed E-state index contributed by atoms with van der Waals surface area (Å²) in [7, 11) is 0. The molecule has 0 unspecified atom stereocenters. The molecular formula is C27H26O. The molecule has 0 saturated carbocycles. The van der Waals surface area contributed by atoms with Crippen LogP contribution in [0.1, 0.15) is 32.6 Å². The molecule has 3 aromatic rings. The second-order valence-electron chi connectivity index (χ2n) is 5.64. The predicted octanol–water partition coefficient (Wildman–Crippen LogP) is 7.44. The zero-order valence-corrected chi connectivity index (χ0v) is 16.1. The van der Waals surface area contributed by atoms with Crippen LogP contribution in [0, 0.1) is 0 Å². The lowest BCUT2D eigenvalue weighted by atomic mass is 10.1. The third-order valence-corrected chi connectivity index (χ3v) is 3.78. The minimum atomic E-state index is 0.700. The Hall–Kier alpha value is -3.71. The fraction of sp³-hybridized carbons (Fsp3) is 0. The number of carbonyl (C=O) groups excluding carboxylic acids is 1. The molecule has 1 heteroatoms. The maximum absolute atomic E-state index is 10.2. The molecule has 0 amide bonds. The van der Waals surface area contributed by atoms with Crippen molar-refractivity contribution in [3.05, 3.63) is 133 Å². The fourth-order valence-corrected chi connectivity index (χ4v) is 2.18. The lowest BCUT2D eigenvalue weighted by Crippen LogP contribution is -1.77. The van der Waals surface area contributed by atoms with Crippen LogP contribution in [0.5, 0.6) is 0 Å². The minimum absolute atomic E-state index is 0.700. The van der Waals surface area contributed by atoms with Gasteiger partial charge in [-0.15, -0.1) is 0 Å². The van der Waals surface area contributed by atoms with Crippen LogP contribution in [0.2, 0.25) is 0 Å². The lowest BCUT2D eigenvalue weighted by Gasteiger charge is -1.96. The van der Waals surface area contributed by atoms with Crippen molar-refractivity contribution in [1.82, 2.24) is 0 Å². The van der Waals surface area contributed by atoms with Gasteiger partial charge in [0.15, 0.2) is 0 Å². The van der Waals surface area contributed by atoms with Gasteiger partial charge in [0.25, 0.3) is 0 Å². The number of aldehydes is 1. The van der Waals surface area contributed by atoms with Gasteiger partial charge in [-0.1, -0.05) is 129 Å². The van der Waals surface area contributed by atoms with Crippen LogP contribution in [-0.2, 0) is 0 Å². The largest absolute Gasteiger partial charge is 0.298 e. The van der Waals surface area contributed by atoms with Gasteiger partial charge >= 0.3 is 0 Å². The molecule has 0 spiro atoms. The van der Waals surface area contributed by atoms with Gasteiger partial charge in [-0.05, 0) is 22.3 Å². The molecular weight excluding hydrogens is 340 g/mol. The van der Waals surface area contributed by atoms with Crippen LogP contribution in [0.3, 0.4) is 0 Å². The maximum atomic E-state index is 10.2. The summed E-state index contributed by atoms with van der Waals surface area (Å²) in [6, 6.07) is 25.3. The maximum Gasteiger partial charge on any atom is 0.150 e. The monoisotopic (exact) mass is 366 g/mol. The van der Waals surface area contributed by atoms with E-state index < -0.39 is 0 Å². The zero-order chi connectivity index (χ0) is 20.6. The molecule has 3 aromatic carbocycles. The van der Waals surface area contributed by atoms with Crippen molar-refractivity contribution < 1.29 is 4.79 Å². The van der Waals surface area contributed by atoms with Crippen molar-refractivity contribution in [2.75, 3.05) is 0 Å². The van der Waals surface area contributed by atoms with Crippen molar-refractivity contribution >= 4 is 30.6 Å². The highest BCUT2D eigenvalue weighted by molar-refractivity contribution is 5.75. The molecule has 0 N–H and O–H groups in total. The number of hydrogen-bond acceptors (Lipinski definition) is 1. The molecule has 0 aliphatic rings. The Bertz CT molecular complexity index is 833. The van der Waals surface area contributed by atoms with Gasteiger partial charge < -0.3 is 0 Å². The van der Waals surface area contributed by atoms with Crippen molar-refractivity contribution in [1.29, 1.82) is 0 Å². The average molecular weight is 367 g/mol. The normalized spacial score (nSPS) is 8.71. The van der Waals surface area contributed by atoms with E-state index in [4.69, 9.17) is 0 Å². The molecule has 0 aliphatic heterocycles. The van der Waals surface area contributed by atoms with E-state index in [-0.39, 0.29) is 0 Å². The summed E-state index contributed by atoms with van der Waals surface area (Å²) in [5, 5.41) is 0. The van der Waals surface area contributed by atoms with E-state index in [2.05, 4.69) is 26.3 Å². The Morgan fingerprint density at radius 3 is 1.21 bits per heavy atom. The van der Waals surface area contributed by atoms with Crippen LogP contribution in [0.15, 0.2) is 105 Å². The SMILES string of the molecule is C=Cc1ccc(C=O)cc1.C=Cc1ccccc1.C=Cc1ccccc1C=C. The summed E-state index contributed by atoms with van der Waals surface area (Å²) in [5.41, 5.74) is 5.18. The molecule has 0 atom stereocenters. The van der Waals surface area contributed by atoms with Crippen molar-refractivity contribution in [2.45, 2.75) is 0 Å². The molecule has 0 radical (unpaired) electrons. The van der Waals surface area contributed by atoms with Crippen LogP contribution in [0.4, 0.5) is 0 Å². The molecule has 0 bridgehead atoms. The van der Waals surface area contributed by atoms with E-state index in [0.29, 0.717) is 5.56 Å². The highest BCUT2D eigenvalue weighted by Gasteiger charge is 1.89. The predicted molar refractivity (Wildman–Crippen MR) is 125 cm³/mol. The van der Waals surface area contributed by atoms with Crippen LogP contribution < -0.4 is 0 Å². The quantitative estimate of drug-likeness (QED) is 0.429. The fourth-order valence-electron chi connectivity index (χ4n) is 2.18. The summed E-state index contributed by atoms with van der Waals surface area (Å²) >= 11 is 0. The van der Waals surface area contributed by atoms with Crippen LogP contribution in [0.25, 0.3) is 24.3 Å². The standard InChI is InChI=1S/C10H10.C9H8O.C8H8/c1-3-9-7-5-6-8-10(9)4-2;1-2-8-3-5-9(7-10)6-4-8;1-2-8-6-4-3-5-7-8/h3-8H,1-2H2;2-7H,1H2;2-7H,1H2. The molecule has 140 valence electrons. The van der Waals surface area contributed by atoms with Crippen LogP contribution >= 0.6 is 0 Å². The summed E-state index contributed by atoms with van der Waals surface area (Å²) in [6.45, 7) is 14.6. The van der Waals surface area contributed by atoms with E-state index >= 15 is 0 Å². The molecule has 28 heavy (non-hydrogen) atoms. The topological polar surface area (TPSA) is 17.1 Å². The van der Waals surface area contributed by atoms with E-state index in [1.54, 1.807) is 18.2 Å². The zero-order valence-electron chi connectivity index (χ0n) is 16.1. The lowest BCUT2D eigenvalue weighted by molar-refractivity contribution is 0.112. The number of hydrogen-bond donors (Lipinski definition) is 0. The third kappa shape index (κ3) is 8.11. The van der Waals surface area contributed by atoms with Gasteiger partial charge in [0, 0.05) is 5.56 Å². The Morgan fingerprint density at radius 2 is 0.857 bits per heavy atom. The molecule has 0 heterocycles. The van der Waals surface area contributed by atoms with E-state index in [9.17, 15) is 4.79 Å². The Balaban J connectivity index is 0.000000212. The first-order valence-electron chi connectivity index (χ1n) is 8.87. The van der Waals surface area contributed by atoms with Gasteiger partial charge in [0.2, 0.25) is 0 Å². The Morgan fingerprint density at radius 1 is 0.464 bits per heavy atom. The Labute approximate surface area is 168 Å². The number of benzene rings is 3. The van der Waals surface area contributed by atoms with E-state index in [0.717, 1.165) is 23.0 Å². The summed E-state index contributed by atoms with van der Waals surface area (Å²) in [4.78, 5) is 10.2. The minimum Gasteiger partial charge on any atom is -0.298 e. The van der Waals surface area contributed by atoms with Gasteiger partial charge in [-0.25, -0.2) is 0 Å². The molecule has 0 aromatic heterocycles. The second-order valence-corrected chi connectivity index (χ2v) is 5.64. The molecule has 1 nitrogen and oxygen atoms in total.